The number of carbonyl (C=O) groups is 4. The van der Waals surface area contributed by atoms with Crippen molar-refractivity contribution < 1.29 is 33.8 Å². The van der Waals surface area contributed by atoms with Gasteiger partial charge in [-0.3, -0.25) is 19.2 Å². The lowest BCUT2D eigenvalue weighted by Gasteiger charge is -2.36. The number of nitrogens with one attached hydrogen (secondary N) is 1. The van der Waals surface area contributed by atoms with E-state index in [1.54, 1.807) is 28.9 Å². The number of rotatable bonds is 17. The Morgan fingerprint density at radius 2 is 2.05 bits per heavy atom. The summed E-state index contributed by atoms with van der Waals surface area (Å²) < 4.78 is 12.1. The van der Waals surface area contributed by atoms with E-state index in [4.69, 9.17) is 9.47 Å². The third kappa shape index (κ3) is 6.54. The molecule has 0 aliphatic carbocycles. The Hall–Kier alpha value is -2.72. The van der Waals surface area contributed by atoms with Crippen LogP contribution >= 0.6 is 0 Å². The Balaban J connectivity index is 1.81. The zero-order valence-corrected chi connectivity index (χ0v) is 23.4. The van der Waals surface area contributed by atoms with Crippen LogP contribution in [0, 0.1) is 11.8 Å². The smallest absolute Gasteiger partial charge is 0.312 e. The topological polar surface area (TPSA) is 125 Å². The predicted octanol–water partition coefficient (Wildman–Crippen LogP) is 1.96. The third-order valence-electron chi connectivity index (χ3n) is 8.04. The van der Waals surface area contributed by atoms with Gasteiger partial charge >= 0.3 is 5.97 Å². The second-order valence-corrected chi connectivity index (χ2v) is 10.8. The molecule has 3 aliphatic heterocycles. The van der Waals surface area contributed by atoms with E-state index in [1.807, 2.05) is 0 Å². The maximum atomic E-state index is 14.0. The fraction of sp³-hybridized carbons (Fsp3) is 0.724. The van der Waals surface area contributed by atoms with Crippen LogP contribution < -0.4 is 5.32 Å². The highest BCUT2D eigenvalue weighted by molar-refractivity contribution is 5.98. The molecule has 0 aromatic heterocycles. The highest BCUT2D eigenvalue weighted by Crippen LogP contribution is 2.58. The minimum Gasteiger partial charge on any atom is -0.460 e. The van der Waals surface area contributed by atoms with E-state index in [1.165, 1.54) is 0 Å². The maximum Gasteiger partial charge on any atom is 0.312 e. The van der Waals surface area contributed by atoms with E-state index < -0.39 is 41.7 Å². The highest BCUT2D eigenvalue weighted by atomic mass is 16.6. The van der Waals surface area contributed by atoms with Gasteiger partial charge in [-0.25, -0.2) is 0 Å². The number of unbranched alkanes of at least 4 members (excludes halogenated alkanes) is 2. The number of fused-ring (bicyclic) bond motifs is 1. The highest BCUT2D eigenvalue weighted by Gasteiger charge is 2.75. The van der Waals surface area contributed by atoms with Crippen LogP contribution in [0.1, 0.15) is 65.2 Å². The summed E-state index contributed by atoms with van der Waals surface area (Å²) in [5.41, 5.74) is -1.09. The molecular weight excluding hydrogens is 502 g/mol. The Labute approximate surface area is 231 Å². The third-order valence-corrected chi connectivity index (χ3v) is 8.04. The second kappa shape index (κ2) is 14.1. The van der Waals surface area contributed by atoms with Crippen molar-refractivity contribution in [3.8, 4) is 0 Å². The van der Waals surface area contributed by atoms with Crippen LogP contribution in [0.2, 0.25) is 0 Å². The van der Waals surface area contributed by atoms with Crippen LogP contribution in [0.25, 0.3) is 0 Å². The van der Waals surface area contributed by atoms with Gasteiger partial charge in [0.15, 0.2) is 0 Å². The molecular formula is C29H45N3O7. The quantitative estimate of drug-likeness (QED) is 0.162. The molecule has 10 nitrogen and oxygen atoms in total. The first-order valence-electron chi connectivity index (χ1n) is 14.3. The van der Waals surface area contributed by atoms with Gasteiger partial charge in [-0.2, -0.15) is 0 Å². The number of carbonyl (C=O) groups excluding carboxylic acids is 4. The first kappa shape index (κ1) is 30.8. The zero-order chi connectivity index (χ0) is 28.6. The number of hydrogen-bond acceptors (Lipinski definition) is 7. The fourth-order valence-corrected chi connectivity index (χ4v) is 6.20. The number of ether oxygens (including phenoxy) is 2. The first-order valence-corrected chi connectivity index (χ1v) is 14.3. The van der Waals surface area contributed by atoms with E-state index in [0.717, 1.165) is 12.8 Å². The van der Waals surface area contributed by atoms with Gasteiger partial charge in [0, 0.05) is 32.7 Å². The van der Waals surface area contributed by atoms with E-state index >= 15 is 0 Å². The molecule has 2 bridgehead atoms. The Kier molecular flexibility index (Phi) is 11.1. The monoisotopic (exact) mass is 547 g/mol. The van der Waals surface area contributed by atoms with E-state index in [-0.39, 0.29) is 30.9 Å². The average molecular weight is 548 g/mol. The Morgan fingerprint density at radius 1 is 1.28 bits per heavy atom. The van der Waals surface area contributed by atoms with Crippen molar-refractivity contribution in [3.05, 3.63) is 25.3 Å². The fourth-order valence-electron chi connectivity index (χ4n) is 6.20. The van der Waals surface area contributed by atoms with Crippen molar-refractivity contribution in [1.82, 2.24) is 15.1 Å². The van der Waals surface area contributed by atoms with Gasteiger partial charge in [-0.15, -0.1) is 13.2 Å². The van der Waals surface area contributed by atoms with Crippen LogP contribution in [0.5, 0.6) is 0 Å². The SMILES string of the molecule is C=CCCC(=O)NC[C@H](C)OC(=O)[C@@H]1[C@@H]2CC[C@]3(O2)[C@H](C(=O)N(CC=C)CCCC)N(CCCCO)C(=O)[C@@H]13. The van der Waals surface area contributed by atoms with Crippen molar-refractivity contribution in [2.24, 2.45) is 11.8 Å². The summed E-state index contributed by atoms with van der Waals surface area (Å²) in [5, 5.41) is 12.1. The summed E-state index contributed by atoms with van der Waals surface area (Å²) in [6, 6.07) is -0.838. The molecule has 0 radical (unpaired) electrons. The molecule has 1 spiro atoms. The molecule has 0 unspecified atom stereocenters. The summed E-state index contributed by atoms with van der Waals surface area (Å²) in [4.78, 5) is 56.6. The van der Waals surface area contributed by atoms with Crippen LogP contribution in [0.4, 0.5) is 0 Å². The zero-order valence-electron chi connectivity index (χ0n) is 23.4. The van der Waals surface area contributed by atoms with Crippen molar-refractivity contribution in [2.45, 2.75) is 89.1 Å². The molecule has 3 saturated heterocycles. The molecule has 0 saturated carbocycles. The first-order chi connectivity index (χ1) is 18.7. The lowest BCUT2D eigenvalue weighted by Crippen LogP contribution is -2.56. The number of esters is 1. The molecule has 3 fully saturated rings. The van der Waals surface area contributed by atoms with Crippen molar-refractivity contribution in [1.29, 1.82) is 0 Å². The van der Waals surface area contributed by atoms with Crippen molar-refractivity contribution in [3.63, 3.8) is 0 Å². The minimum atomic E-state index is -1.09. The molecule has 0 aromatic rings. The summed E-state index contributed by atoms with van der Waals surface area (Å²) in [5.74, 6) is -2.77. The number of likely N-dealkylation sites (tertiary alicyclic amines) is 1. The Morgan fingerprint density at radius 3 is 2.72 bits per heavy atom. The molecule has 3 heterocycles. The van der Waals surface area contributed by atoms with E-state index in [2.05, 4.69) is 25.4 Å². The number of amides is 3. The predicted molar refractivity (Wildman–Crippen MR) is 145 cm³/mol. The number of allylic oxidation sites excluding steroid dienone is 1. The van der Waals surface area contributed by atoms with Gasteiger partial charge in [-0.05, 0) is 45.4 Å². The van der Waals surface area contributed by atoms with Crippen LogP contribution in [0.15, 0.2) is 25.3 Å². The molecule has 0 aromatic carbocycles. The summed E-state index contributed by atoms with van der Waals surface area (Å²) in [7, 11) is 0. The van der Waals surface area contributed by atoms with Crippen molar-refractivity contribution in [2.75, 3.05) is 32.8 Å². The minimum absolute atomic E-state index is 0.0101. The van der Waals surface area contributed by atoms with Gasteiger partial charge in [0.2, 0.25) is 17.7 Å². The van der Waals surface area contributed by atoms with Gasteiger partial charge in [-0.1, -0.05) is 25.5 Å². The van der Waals surface area contributed by atoms with E-state index in [9.17, 15) is 24.3 Å². The molecule has 6 atom stereocenters. The lowest BCUT2D eigenvalue weighted by atomic mass is 9.70. The molecule has 3 amide bonds. The number of aliphatic hydroxyl groups excluding tert-OH is 1. The molecule has 3 aliphatic rings. The van der Waals surface area contributed by atoms with E-state index in [0.29, 0.717) is 58.2 Å². The lowest BCUT2D eigenvalue weighted by molar-refractivity contribution is -0.159. The molecule has 3 rings (SSSR count). The number of aliphatic hydroxyl groups is 1. The van der Waals surface area contributed by atoms with Gasteiger partial charge < -0.3 is 29.7 Å². The molecule has 39 heavy (non-hydrogen) atoms. The number of nitrogens with zero attached hydrogens (tertiary/aromatic N) is 2. The standard InChI is InChI=1S/C29H45N3O7/c1-5-8-12-22(34)30-19-20(4)38-28(37)23-21-13-14-29(39-21)24(23)26(35)32(17-10-11-18-33)25(29)27(36)31(15-7-3)16-9-6-2/h5,7,20-21,23-25,33H,1,3,6,8-19H2,2,4H3,(H,30,34)/t20-,21-,23+,24+,25-,29+/m0/s1. The van der Waals surface area contributed by atoms with Crippen molar-refractivity contribution >= 4 is 23.7 Å². The van der Waals surface area contributed by atoms with Crippen LogP contribution in [0.3, 0.4) is 0 Å². The molecule has 10 heteroatoms. The van der Waals surface area contributed by atoms with Gasteiger partial charge in [0.05, 0.1) is 24.5 Å². The second-order valence-electron chi connectivity index (χ2n) is 10.8. The maximum absolute atomic E-state index is 14.0. The molecule has 218 valence electrons. The molecule has 2 N–H and O–H groups in total. The summed E-state index contributed by atoms with van der Waals surface area (Å²) in [6.07, 6.45) is 6.96. The largest absolute Gasteiger partial charge is 0.460 e. The summed E-state index contributed by atoms with van der Waals surface area (Å²) in [6.45, 7) is 12.5. The van der Waals surface area contributed by atoms with Crippen LogP contribution in [-0.2, 0) is 28.7 Å². The normalized spacial score (nSPS) is 27.7. The van der Waals surface area contributed by atoms with Gasteiger partial charge in [0.25, 0.3) is 0 Å². The Bertz CT molecular complexity index is 925. The summed E-state index contributed by atoms with van der Waals surface area (Å²) >= 11 is 0. The number of hydrogen-bond donors (Lipinski definition) is 2. The van der Waals surface area contributed by atoms with Crippen LogP contribution in [-0.4, -0.2) is 95.2 Å². The van der Waals surface area contributed by atoms with Gasteiger partial charge in [0.1, 0.15) is 17.7 Å². The average Bonchev–Trinajstić information content (AvgIpc) is 3.56.